The zero-order valence-corrected chi connectivity index (χ0v) is 14.5. The van der Waals surface area contributed by atoms with Gasteiger partial charge in [0.2, 0.25) is 5.91 Å². The lowest BCUT2D eigenvalue weighted by atomic mass is 10.2. The molecular weight excluding hydrogens is 294 g/mol. The molecule has 23 heavy (non-hydrogen) atoms. The zero-order chi connectivity index (χ0) is 16.7. The van der Waals surface area contributed by atoms with Gasteiger partial charge in [-0.25, -0.2) is 0 Å². The number of morpholine rings is 1. The molecule has 0 unspecified atom stereocenters. The van der Waals surface area contributed by atoms with Crippen molar-refractivity contribution in [1.29, 1.82) is 0 Å². The third kappa shape index (κ3) is 5.34. The number of furan rings is 1. The minimum atomic E-state index is 0.0582. The molecule has 1 aliphatic heterocycles. The molecule has 130 valence electrons. The molecule has 1 amide bonds. The fourth-order valence-corrected chi connectivity index (χ4v) is 3.06. The van der Waals surface area contributed by atoms with E-state index in [0.717, 1.165) is 31.9 Å². The summed E-state index contributed by atoms with van der Waals surface area (Å²) in [6.45, 7) is 11.4. The van der Waals surface area contributed by atoms with E-state index in [9.17, 15) is 4.79 Å². The highest BCUT2D eigenvalue weighted by atomic mass is 16.5. The predicted molar refractivity (Wildman–Crippen MR) is 89.2 cm³/mol. The molecule has 1 fully saturated rings. The zero-order valence-electron chi connectivity index (χ0n) is 14.5. The standard InChI is InChI=1S/C17H29N3O3/c1-4-20(5-2)15(16-7-6-9-23-16)11-18-17(21)13-19-8-10-22-14(3)12-19/h6-7,9,14-15H,4-5,8,10-13H2,1-3H3,(H,18,21)/t14-,15+/m0/s1. The molecule has 0 spiro atoms. The summed E-state index contributed by atoms with van der Waals surface area (Å²) in [7, 11) is 0. The highest BCUT2D eigenvalue weighted by molar-refractivity contribution is 5.78. The first-order chi connectivity index (χ1) is 11.1. The maximum Gasteiger partial charge on any atom is 0.234 e. The number of hydrogen-bond donors (Lipinski definition) is 1. The maximum atomic E-state index is 12.2. The highest BCUT2D eigenvalue weighted by Crippen LogP contribution is 2.20. The Labute approximate surface area is 138 Å². The number of nitrogens with one attached hydrogen (secondary N) is 1. The molecule has 1 aliphatic rings. The van der Waals surface area contributed by atoms with E-state index in [1.165, 1.54) is 0 Å². The SMILES string of the molecule is CCN(CC)[C@H](CNC(=O)CN1CCO[C@@H](C)C1)c1ccco1. The molecule has 2 atom stereocenters. The van der Waals surface area contributed by atoms with E-state index in [1.54, 1.807) is 6.26 Å². The quantitative estimate of drug-likeness (QED) is 0.786. The number of amides is 1. The monoisotopic (exact) mass is 323 g/mol. The summed E-state index contributed by atoms with van der Waals surface area (Å²) < 4.78 is 11.1. The molecular formula is C17H29N3O3. The van der Waals surface area contributed by atoms with Crippen LogP contribution in [0.15, 0.2) is 22.8 Å². The van der Waals surface area contributed by atoms with Crippen molar-refractivity contribution in [3.8, 4) is 0 Å². The fraction of sp³-hybridized carbons (Fsp3) is 0.706. The Balaban J connectivity index is 1.86. The third-order valence-electron chi connectivity index (χ3n) is 4.31. The average Bonchev–Trinajstić information content (AvgIpc) is 3.05. The number of nitrogens with zero attached hydrogens (tertiary/aromatic N) is 2. The summed E-state index contributed by atoms with van der Waals surface area (Å²) in [5.41, 5.74) is 0. The lowest BCUT2D eigenvalue weighted by Gasteiger charge is -2.31. The van der Waals surface area contributed by atoms with Gasteiger partial charge < -0.3 is 14.5 Å². The Hall–Kier alpha value is -1.37. The number of rotatable bonds is 8. The van der Waals surface area contributed by atoms with Gasteiger partial charge in [-0.3, -0.25) is 14.6 Å². The van der Waals surface area contributed by atoms with Crippen LogP contribution in [-0.4, -0.2) is 67.7 Å². The van der Waals surface area contributed by atoms with Crippen LogP contribution in [0.25, 0.3) is 0 Å². The fourth-order valence-electron chi connectivity index (χ4n) is 3.06. The van der Waals surface area contributed by atoms with Gasteiger partial charge in [0.1, 0.15) is 5.76 Å². The van der Waals surface area contributed by atoms with Crippen LogP contribution < -0.4 is 5.32 Å². The lowest BCUT2D eigenvalue weighted by molar-refractivity contribution is -0.124. The van der Waals surface area contributed by atoms with Crippen LogP contribution in [-0.2, 0) is 9.53 Å². The molecule has 6 nitrogen and oxygen atoms in total. The molecule has 1 saturated heterocycles. The van der Waals surface area contributed by atoms with Crippen LogP contribution in [0.3, 0.4) is 0 Å². The Kier molecular flexibility index (Phi) is 7.08. The van der Waals surface area contributed by atoms with Crippen molar-refractivity contribution in [1.82, 2.24) is 15.1 Å². The normalized spacial score (nSPS) is 20.6. The molecule has 1 aromatic heterocycles. The summed E-state index contributed by atoms with van der Waals surface area (Å²) in [4.78, 5) is 16.7. The molecule has 2 rings (SSSR count). The summed E-state index contributed by atoms with van der Waals surface area (Å²) in [5.74, 6) is 0.955. The van der Waals surface area contributed by atoms with Crippen LogP contribution >= 0.6 is 0 Å². The average molecular weight is 323 g/mol. The van der Waals surface area contributed by atoms with Crippen molar-refractivity contribution in [2.24, 2.45) is 0 Å². The van der Waals surface area contributed by atoms with Gasteiger partial charge in [0.15, 0.2) is 0 Å². The van der Waals surface area contributed by atoms with Gasteiger partial charge in [0, 0.05) is 19.6 Å². The maximum absolute atomic E-state index is 12.2. The Bertz CT molecular complexity index is 460. The van der Waals surface area contributed by atoms with E-state index in [4.69, 9.17) is 9.15 Å². The van der Waals surface area contributed by atoms with Gasteiger partial charge >= 0.3 is 0 Å². The summed E-state index contributed by atoms with van der Waals surface area (Å²) in [6, 6.07) is 3.94. The van der Waals surface area contributed by atoms with Crippen molar-refractivity contribution in [2.45, 2.75) is 32.9 Å². The number of carbonyl (C=O) groups is 1. The van der Waals surface area contributed by atoms with Crippen molar-refractivity contribution in [3.05, 3.63) is 24.2 Å². The first-order valence-electron chi connectivity index (χ1n) is 8.52. The largest absolute Gasteiger partial charge is 0.468 e. The van der Waals surface area contributed by atoms with Crippen LogP contribution in [0.1, 0.15) is 32.6 Å². The molecule has 0 saturated carbocycles. The summed E-state index contributed by atoms with van der Waals surface area (Å²) in [5, 5.41) is 3.06. The van der Waals surface area contributed by atoms with Gasteiger partial charge in [-0.05, 0) is 32.1 Å². The van der Waals surface area contributed by atoms with E-state index < -0.39 is 0 Å². The highest BCUT2D eigenvalue weighted by Gasteiger charge is 2.23. The van der Waals surface area contributed by atoms with E-state index in [2.05, 4.69) is 29.0 Å². The molecule has 1 N–H and O–H groups in total. The van der Waals surface area contributed by atoms with Crippen LogP contribution in [0.4, 0.5) is 0 Å². The van der Waals surface area contributed by atoms with Gasteiger partial charge in [-0.15, -0.1) is 0 Å². The Morgan fingerprint density at radius 1 is 1.48 bits per heavy atom. The molecule has 2 heterocycles. The molecule has 0 bridgehead atoms. The lowest BCUT2D eigenvalue weighted by Crippen LogP contribution is -2.47. The molecule has 1 aromatic rings. The van der Waals surface area contributed by atoms with Gasteiger partial charge in [-0.1, -0.05) is 13.8 Å². The van der Waals surface area contributed by atoms with Crippen molar-refractivity contribution >= 4 is 5.91 Å². The third-order valence-corrected chi connectivity index (χ3v) is 4.31. The van der Waals surface area contributed by atoms with Crippen molar-refractivity contribution in [2.75, 3.05) is 45.9 Å². The van der Waals surface area contributed by atoms with E-state index in [-0.39, 0.29) is 18.1 Å². The molecule has 0 aromatic carbocycles. The number of hydrogen-bond acceptors (Lipinski definition) is 5. The molecule has 0 radical (unpaired) electrons. The van der Waals surface area contributed by atoms with E-state index in [1.807, 2.05) is 19.1 Å². The first kappa shape index (κ1) is 18.0. The number of carbonyl (C=O) groups excluding carboxylic acids is 1. The van der Waals surface area contributed by atoms with Gasteiger partial charge in [0.05, 0.1) is 31.6 Å². The summed E-state index contributed by atoms with van der Waals surface area (Å²) >= 11 is 0. The van der Waals surface area contributed by atoms with Crippen LogP contribution in [0, 0.1) is 0 Å². The molecule has 0 aliphatic carbocycles. The first-order valence-corrected chi connectivity index (χ1v) is 8.52. The van der Waals surface area contributed by atoms with Gasteiger partial charge in [0.25, 0.3) is 0 Å². The minimum absolute atomic E-state index is 0.0582. The van der Waals surface area contributed by atoms with Crippen LogP contribution in [0.5, 0.6) is 0 Å². The van der Waals surface area contributed by atoms with Crippen molar-refractivity contribution < 1.29 is 13.9 Å². The predicted octanol–water partition coefficient (Wildman–Crippen LogP) is 1.50. The topological polar surface area (TPSA) is 58.0 Å². The number of ether oxygens (including phenoxy) is 1. The number of likely N-dealkylation sites (N-methyl/N-ethyl adjacent to an activating group) is 1. The minimum Gasteiger partial charge on any atom is -0.468 e. The second kappa shape index (κ2) is 9.05. The van der Waals surface area contributed by atoms with Crippen molar-refractivity contribution in [3.63, 3.8) is 0 Å². The molecule has 6 heteroatoms. The second-order valence-electron chi connectivity index (χ2n) is 5.97. The Morgan fingerprint density at radius 3 is 2.87 bits per heavy atom. The second-order valence-corrected chi connectivity index (χ2v) is 5.97. The smallest absolute Gasteiger partial charge is 0.234 e. The van der Waals surface area contributed by atoms with Crippen LogP contribution in [0.2, 0.25) is 0 Å². The van der Waals surface area contributed by atoms with E-state index in [0.29, 0.717) is 19.7 Å². The Morgan fingerprint density at radius 2 is 2.26 bits per heavy atom. The van der Waals surface area contributed by atoms with Gasteiger partial charge in [-0.2, -0.15) is 0 Å². The summed E-state index contributed by atoms with van der Waals surface area (Å²) in [6.07, 6.45) is 1.88. The van der Waals surface area contributed by atoms with E-state index >= 15 is 0 Å².